The summed E-state index contributed by atoms with van der Waals surface area (Å²) in [6.45, 7) is 9.18. The van der Waals surface area contributed by atoms with Gasteiger partial charge in [0, 0.05) is 25.2 Å². The summed E-state index contributed by atoms with van der Waals surface area (Å²) in [6, 6.07) is 18.7. The molecule has 0 amide bonds. The molecule has 3 rings (SSSR count). The van der Waals surface area contributed by atoms with Crippen LogP contribution in [0.15, 0.2) is 71.8 Å². The first-order valence-electron chi connectivity index (χ1n) is 9.79. The Balaban J connectivity index is 1.90. The van der Waals surface area contributed by atoms with Gasteiger partial charge in [0.1, 0.15) is 0 Å². The SMILES string of the molecule is CC(=O)c1ccc(C(=C2CCN(CC=C(C)C)CC2)c2ccccc2)cc1. The molecule has 2 aromatic rings. The topological polar surface area (TPSA) is 20.3 Å². The summed E-state index contributed by atoms with van der Waals surface area (Å²) >= 11 is 0. The first kappa shape index (κ1) is 19.3. The number of rotatable bonds is 5. The molecule has 27 heavy (non-hydrogen) atoms. The molecule has 0 N–H and O–H groups in total. The normalized spacial score (nSPS) is 14.7. The fourth-order valence-electron chi connectivity index (χ4n) is 3.62. The molecule has 140 valence electrons. The van der Waals surface area contributed by atoms with Crippen molar-refractivity contribution in [2.45, 2.75) is 33.6 Å². The van der Waals surface area contributed by atoms with E-state index in [1.54, 1.807) is 6.92 Å². The minimum absolute atomic E-state index is 0.114. The highest BCUT2D eigenvalue weighted by Crippen LogP contribution is 2.32. The van der Waals surface area contributed by atoms with Crippen LogP contribution >= 0.6 is 0 Å². The van der Waals surface area contributed by atoms with E-state index >= 15 is 0 Å². The molecule has 0 atom stereocenters. The monoisotopic (exact) mass is 359 g/mol. The van der Waals surface area contributed by atoms with Crippen molar-refractivity contribution < 1.29 is 4.79 Å². The van der Waals surface area contributed by atoms with Gasteiger partial charge in [-0.25, -0.2) is 0 Å². The van der Waals surface area contributed by atoms with E-state index in [4.69, 9.17) is 0 Å². The zero-order valence-corrected chi connectivity index (χ0v) is 16.7. The number of piperidine rings is 1. The zero-order valence-electron chi connectivity index (χ0n) is 16.7. The van der Waals surface area contributed by atoms with E-state index < -0.39 is 0 Å². The number of Topliss-reactive ketones (excluding diaryl/α,β-unsaturated/α-hetero) is 1. The van der Waals surface area contributed by atoms with E-state index in [2.05, 4.69) is 67.3 Å². The van der Waals surface area contributed by atoms with Crippen molar-refractivity contribution in [3.05, 3.63) is 88.5 Å². The minimum Gasteiger partial charge on any atom is -0.299 e. The second-order valence-electron chi connectivity index (χ2n) is 7.56. The molecule has 2 nitrogen and oxygen atoms in total. The highest BCUT2D eigenvalue weighted by molar-refractivity contribution is 5.94. The van der Waals surface area contributed by atoms with Crippen LogP contribution in [-0.4, -0.2) is 30.3 Å². The maximum atomic E-state index is 11.6. The number of likely N-dealkylation sites (tertiary alicyclic amines) is 1. The van der Waals surface area contributed by atoms with Crippen molar-refractivity contribution in [3.63, 3.8) is 0 Å². The van der Waals surface area contributed by atoms with Crippen molar-refractivity contribution in [2.24, 2.45) is 0 Å². The van der Waals surface area contributed by atoms with Crippen molar-refractivity contribution in [1.82, 2.24) is 4.90 Å². The largest absolute Gasteiger partial charge is 0.299 e. The molecule has 0 saturated carbocycles. The van der Waals surface area contributed by atoms with Gasteiger partial charge in [0.15, 0.2) is 5.78 Å². The number of nitrogens with zero attached hydrogens (tertiary/aromatic N) is 1. The van der Waals surface area contributed by atoms with Gasteiger partial charge >= 0.3 is 0 Å². The summed E-state index contributed by atoms with van der Waals surface area (Å²) in [5.74, 6) is 0.114. The minimum atomic E-state index is 0.114. The number of carbonyl (C=O) groups excluding carboxylic acids is 1. The second-order valence-corrected chi connectivity index (χ2v) is 7.56. The molecule has 1 heterocycles. The third kappa shape index (κ3) is 5.05. The first-order valence-corrected chi connectivity index (χ1v) is 9.79. The summed E-state index contributed by atoms with van der Waals surface area (Å²) in [6.07, 6.45) is 4.50. The summed E-state index contributed by atoms with van der Waals surface area (Å²) in [4.78, 5) is 14.1. The van der Waals surface area contributed by atoms with Crippen molar-refractivity contribution in [1.29, 1.82) is 0 Å². The zero-order chi connectivity index (χ0) is 19.2. The van der Waals surface area contributed by atoms with Crippen LogP contribution in [0.1, 0.15) is 55.1 Å². The van der Waals surface area contributed by atoms with Gasteiger partial charge in [-0.15, -0.1) is 0 Å². The third-order valence-electron chi connectivity index (χ3n) is 5.21. The highest BCUT2D eigenvalue weighted by Gasteiger charge is 2.18. The van der Waals surface area contributed by atoms with Crippen molar-refractivity contribution >= 4 is 11.4 Å². The predicted octanol–water partition coefficient (Wildman–Crippen LogP) is 5.75. The van der Waals surface area contributed by atoms with Gasteiger partial charge in [0.25, 0.3) is 0 Å². The Morgan fingerprint density at radius 2 is 1.41 bits per heavy atom. The van der Waals surface area contributed by atoms with E-state index in [0.717, 1.165) is 38.0 Å². The number of hydrogen-bond donors (Lipinski definition) is 0. The van der Waals surface area contributed by atoms with E-state index in [0.29, 0.717) is 0 Å². The van der Waals surface area contributed by atoms with Crippen LogP contribution < -0.4 is 0 Å². The van der Waals surface area contributed by atoms with Gasteiger partial charge in [-0.05, 0) is 50.3 Å². The Kier molecular flexibility index (Phi) is 6.41. The van der Waals surface area contributed by atoms with E-state index in [1.165, 1.54) is 27.8 Å². The average molecular weight is 360 g/mol. The molecule has 0 spiro atoms. The number of allylic oxidation sites excluding steroid dienone is 1. The molecule has 0 aliphatic carbocycles. The molecule has 2 aromatic carbocycles. The standard InChI is InChI=1S/C25H29NO/c1-19(2)13-16-26-17-14-24(15-18-26)25(22-7-5-4-6-8-22)23-11-9-21(10-12-23)20(3)27/h4-13H,14-18H2,1-3H3. The van der Waals surface area contributed by atoms with Gasteiger partial charge in [0.2, 0.25) is 0 Å². The fraction of sp³-hybridized carbons (Fsp3) is 0.320. The van der Waals surface area contributed by atoms with Crippen molar-refractivity contribution in [2.75, 3.05) is 19.6 Å². The summed E-state index contributed by atoms with van der Waals surface area (Å²) in [7, 11) is 0. The number of benzene rings is 2. The Morgan fingerprint density at radius 1 is 0.852 bits per heavy atom. The Hall–Kier alpha value is -2.45. The smallest absolute Gasteiger partial charge is 0.159 e. The quantitative estimate of drug-likeness (QED) is 0.500. The van der Waals surface area contributed by atoms with Crippen LogP contribution in [0.4, 0.5) is 0 Å². The predicted molar refractivity (Wildman–Crippen MR) is 114 cm³/mol. The molecule has 0 radical (unpaired) electrons. The van der Waals surface area contributed by atoms with Crippen LogP contribution in [0.2, 0.25) is 0 Å². The van der Waals surface area contributed by atoms with Crippen LogP contribution in [0.3, 0.4) is 0 Å². The molecule has 0 unspecified atom stereocenters. The molecule has 2 heteroatoms. The number of carbonyl (C=O) groups is 1. The first-order chi connectivity index (χ1) is 13.0. The molecule has 0 bridgehead atoms. The maximum Gasteiger partial charge on any atom is 0.159 e. The molecule has 0 aromatic heterocycles. The lowest BCUT2D eigenvalue weighted by Crippen LogP contribution is -2.31. The van der Waals surface area contributed by atoms with Crippen molar-refractivity contribution in [3.8, 4) is 0 Å². The average Bonchev–Trinajstić information content (AvgIpc) is 2.69. The fourth-order valence-corrected chi connectivity index (χ4v) is 3.62. The summed E-state index contributed by atoms with van der Waals surface area (Å²) in [5.41, 5.74) is 7.48. The van der Waals surface area contributed by atoms with Gasteiger partial charge in [-0.1, -0.05) is 71.8 Å². The van der Waals surface area contributed by atoms with E-state index in [9.17, 15) is 4.79 Å². The molecular formula is C25H29NO. The van der Waals surface area contributed by atoms with E-state index in [1.807, 2.05) is 12.1 Å². The van der Waals surface area contributed by atoms with Crippen LogP contribution in [0.5, 0.6) is 0 Å². The lowest BCUT2D eigenvalue weighted by molar-refractivity contribution is 0.101. The Morgan fingerprint density at radius 3 is 1.96 bits per heavy atom. The van der Waals surface area contributed by atoms with E-state index in [-0.39, 0.29) is 5.78 Å². The van der Waals surface area contributed by atoms with Gasteiger partial charge < -0.3 is 0 Å². The highest BCUT2D eigenvalue weighted by atomic mass is 16.1. The third-order valence-corrected chi connectivity index (χ3v) is 5.21. The number of hydrogen-bond acceptors (Lipinski definition) is 2. The molecule has 1 fully saturated rings. The van der Waals surface area contributed by atoms with Crippen LogP contribution in [-0.2, 0) is 0 Å². The summed E-state index contributed by atoms with van der Waals surface area (Å²) < 4.78 is 0. The van der Waals surface area contributed by atoms with Gasteiger partial charge in [0.05, 0.1) is 0 Å². The van der Waals surface area contributed by atoms with Gasteiger partial charge in [-0.2, -0.15) is 0 Å². The lowest BCUT2D eigenvalue weighted by Gasteiger charge is -2.29. The maximum absolute atomic E-state index is 11.6. The Bertz CT molecular complexity index is 830. The molecule has 1 saturated heterocycles. The molecule has 1 aliphatic rings. The molecule has 1 aliphatic heterocycles. The number of ketones is 1. The van der Waals surface area contributed by atoms with Gasteiger partial charge in [-0.3, -0.25) is 9.69 Å². The summed E-state index contributed by atoms with van der Waals surface area (Å²) in [5, 5.41) is 0. The lowest BCUT2D eigenvalue weighted by atomic mass is 9.88. The second kappa shape index (κ2) is 8.96. The Labute approximate surface area is 163 Å². The molecular weight excluding hydrogens is 330 g/mol. The van der Waals surface area contributed by atoms with Crippen LogP contribution in [0, 0.1) is 0 Å². The van der Waals surface area contributed by atoms with Crippen LogP contribution in [0.25, 0.3) is 5.57 Å².